The molecule has 0 fully saturated rings. The normalized spacial score (nSPS) is 10.7. The molecule has 1 aromatic carbocycles. The minimum absolute atomic E-state index is 0.456. The molecular formula is C14H14N4OS. The van der Waals surface area contributed by atoms with Gasteiger partial charge in [-0.3, -0.25) is 0 Å². The quantitative estimate of drug-likeness (QED) is 0.481. The summed E-state index contributed by atoms with van der Waals surface area (Å²) < 4.78 is 6.77. The molecule has 0 spiro atoms. The number of nitrogens with zero attached hydrogens (tertiary/aromatic N) is 4. The van der Waals surface area contributed by atoms with Gasteiger partial charge in [-0.05, 0) is 25.3 Å². The van der Waals surface area contributed by atoms with Crippen molar-refractivity contribution in [3.05, 3.63) is 35.9 Å². The van der Waals surface area contributed by atoms with Gasteiger partial charge in [0.05, 0.1) is 12.3 Å². The van der Waals surface area contributed by atoms with Gasteiger partial charge in [0.1, 0.15) is 16.7 Å². The van der Waals surface area contributed by atoms with E-state index >= 15 is 0 Å². The lowest BCUT2D eigenvalue weighted by Crippen LogP contribution is -1.96. The molecule has 1 aromatic heterocycles. The Morgan fingerprint density at radius 3 is 2.80 bits per heavy atom. The monoisotopic (exact) mass is 286 g/mol. The Kier molecular flexibility index (Phi) is 4.80. The van der Waals surface area contributed by atoms with Crippen molar-refractivity contribution in [2.45, 2.75) is 11.9 Å². The molecule has 2 aromatic rings. The van der Waals surface area contributed by atoms with Crippen LogP contribution >= 0.6 is 11.8 Å². The van der Waals surface area contributed by atoms with Crippen molar-refractivity contribution in [2.75, 3.05) is 12.9 Å². The molecule has 0 aliphatic heterocycles. The molecule has 0 amide bonds. The Hall–Kier alpha value is -2.26. The highest BCUT2D eigenvalue weighted by atomic mass is 32.2. The molecule has 0 aliphatic carbocycles. The second-order valence-corrected chi connectivity index (χ2v) is 4.55. The number of thioether (sulfide) groups is 1. The van der Waals surface area contributed by atoms with E-state index in [0.717, 1.165) is 5.69 Å². The van der Waals surface area contributed by atoms with E-state index in [1.807, 2.05) is 43.5 Å². The van der Waals surface area contributed by atoms with E-state index in [0.29, 0.717) is 23.0 Å². The summed E-state index contributed by atoms with van der Waals surface area (Å²) in [4.78, 5) is 4.23. The fourth-order valence-corrected chi connectivity index (χ4v) is 2.16. The minimum atomic E-state index is 0.456. The van der Waals surface area contributed by atoms with Crippen LogP contribution in [0.2, 0.25) is 0 Å². The first-order valence-electron chi connectivity index (χ1n) is 6.08. The second kappa shape index (κ2) is 6.78. The number of para-hydroxylation sites is 1. The van der Waals surface area contributed by atoms with Crippen molar-refractivity contribution in [3.63, 3.8) is 0 Å². The van der Waals surface area contributed by atoms with Gasteiger partial charge in [-0.1, -0.05) is 18.2 Å². The molecule has 0 saturated carbocycles. The Labute approximate surface area is 121 Å². The van der Waals surface area contributed by atoms with E-state index < -0.39 is 0 Å². The highest BCUT2D eigenvalue weighted by Crippen LogP contribution is 2.30. The van der Waals surface area contributed by atoms with Crippen LogP contribution in [0.5, 0.6) is 0 Å². The summed E-state index contributed by atoms with van der Waals surface area (Å²) in [5.41, 5.74) is 1.31. The molecule has 0 radical (unpaired) electrons. The van der Waals surface area contributed by atoms with Gasteiger partial charge >= 0.3 is 0 Å². The average Bonchev–Trinajstić information content (AvgIpc) is 2.86. The number of hydrogen-bond acceptors (Lipinski definition) is 5. The van der Waals surface area contributed by atoms with E-state index in [9.17, 15) is 5.26 Å². The SMILES string of the molecule is CCO/C=N/c1c(C#N)c(SC)nn1-c1ccccc1. The summed E-state index contributed by atoms with van der Waals surface area (Å²) >= 11 is 1.42. The lowest BCUT2D eigenvalue weighted by Gasteiger charge is -2.03. The van der Waals surface area contributed by atoms with E-state index in [-0.39, 0.29) is 0 Å². The smallest absolute Gasteiger partial charge is 0.178 e. The van der Waals surface area contributed by atoms with Gasteiger partial charge in [0.15, 0.2) is 12.2 Å². The van der Waals surface area contributed by atoms with Crippen LogP contribution in [-0.4, -0.2) is 29.0 Å². The van der Waals surface area contributed by atoms with Crippen molar-refractivity contribution >= 4 is 24.0 Å². The molecular weight excluding hydrogens is 272 g/mol. The van der Waals surface area contributed by atoms with E-state index in [1.54, 1.807) is 4.68 Å². The van der Waals surface area contributed by atoms with Crippen LogP contribution < -0.4 is 0 Å². The van der Waals surface area contributed by atoms with Crippen LogP contribution in [0, 0.1) is 11.3 Å². The number of aromatic nitrogens is 2. The summed E-state index contributed by atoms with van der Waals surface area (Å²) in [6.07, 6.45) is 3.23. The number of aliphatic imine (C=N–C) groups is 1. The summed E-state index contributed by atoms with van der Waals surface area (Å²) in [6, 6.07) is 11.7. The lowest BCUT2D eigenvalue weighted by molar-refractivity contribution is 0.343. The minimum Gasteiger partial charge on any atom is -0.483 e. The first kappa shape index (κ1) is 14.2. The highest BCUT2D eigenvalue weighted by molar-refractivity contribution is 7.98. The van der Waals surface area contributed by atoms with E-state index in [2.05, 4.69) is 16.2 Å². The van der Waals surface area contributed by atoms with Crippen molar-refractivity contribution < 1.29 is 4.74 Å². The van der Waals surface area contributed by atoms with Crippen molar-refractivity contribution in [3.8, 4) is 11.8 Å². The number of ether oxygens (including phenoxy) is 1. The maximum atomic E-state index is 9.32. The predicted octanol–water partition coefficient (Wildman–Crippen LogP) is 3.16. The Bertz CT molecular complexity index is 643. The van der Waals surface area contributed by atoms with Gasteiger partial charge in [-0.15, -0.1) is 11.8 Å². The predicted molar refractivity (Wildman–Crippen MR) is 79.8 cm³/mol. The molecule has 1 heterocycles. The van der Waals surface area contributed by atoms with E-state index in [4.69, 9.17) is 4.74 Å². The Morgan fingerprint density at radius 1 is 1.45 bits per heavy atom. The van der Waals surface area contributed by atoms with Gasteiger partial charge < -0.3 is 4.74 Å². The van der Waals surface area contributed by atoms with Crippen LogP contribution in [0.25, 0.3) is 5.69 Å². The molecule has 6 heteroatoms. The van der Waals surface area contributed by atoms with Crippen molar-refractivity contribution in [1.82, 2.24) is 9.78 Å². The fourth-order valence-electron chi connectivity index (χ4n) is 1.66. The van der Waals surface area contributed by atoms with Crippen LogP contribution in [0.3, 0.4) is 0 Å². The molecule has 0 bridgehead atoms. The third-order valence-electron chi connectivity index (χ3n) is 2.55. The Morgan fingerprint density at radius 2 is 2.20 bits per heavy atom. The van der Waals surface area contributed by atoms with Gasteiger partial charge in [0, 0.05) is 0 Å². The topological polar surface area (TPSA) is 63.2 Å². The maximum Gasteiger partial charge on any atom is 0.178 e. The molecule has 0 aliphatic rings. The van der Waals surface area contributed by atoms with Gasteiger partial charge in [0.2, 0.25) is 0 Å². The number of nitriles is 1. The van der Waals surface area contributed by atoms with Crippen LogP contribution in [-0.2, 0) is 4.74 Å². The molecule has 0 unspecified atom stereocenters. The second-order valence-electron chi connectivity index (χ2n) is 3.76. The standard InChI is InChI=1S/C14H14N4OS/c1-3-19-10-16-13-12(9-15)14(20-2)17-18(13)11-7-5-4-6-8-11/h4-8,10H,3H2,1-2H3/b16-10+. The zero-order valence-electron chi connectivity index (χ0n) is 11.3. The van der Waals surface area contributed by atoms with Crippen LogP contribution in [0.1, 0.15) is 12.5 Å². The third-order valence-corrected chi connectivity index (χ3v) is 3.22. The number of rotatable bonds is 5. The summed E-state index contributed by atoms with van der Waals surface area (Å²) in [5, 5.41) is 14.4. The zero-order valence-corrected chi connectivity index (χ0v) is 12.1. The molecule has 0 saturated heterocycles. The fraction of sp³-hybridized carbons (Fsp3) is 0.214. The van der Waals surface area contributed by atoms with Crippen molar-refractivity contribution in [2.24, 2.45) is 4.99 Å². The molecule has 2 rings (SSSR count). The van der Waals surface area contributed by atoms with Gasteiger partial charge in [-0.2, -0.15) is 15.4 Å². The third kappa shape index (κ3) is 2.83. The average molecular weight is 286 g/mol. The molecule has 102 valence electrons. The van der Waals surface area contributed by atoms with Gasteiger partial charge in [-0.25, -0.2) is 4.68 Å². The van der Waals surface area contributed by atoms with Crippen LogP contribution in [0.15, 0.2) is 40.4 Å². The maximum absolute atomic E-state index is 9.32. The molecule has 5 nitrogen and oxygen atoms in total. The molecule has 20 heavy (non-hydrogen) atoms. The zero-order chi connectivity index (χ0) is 14.4. The first-order chi connectivity index (χ1) is 9.81. The summed E-state index contributed by atoms with van der Waals surface area (Å²) in [7, 11) is 0. The number of hydrogen-bond donors (Lipinski definition) is 0. The first-order valence-corrected chi connectivity index (χ1v) is 7.31. The summed E-state index contributed by atoms with van der Waals surface area (Å²) in [6.45, 7) is 2.40. The van der Waals surface area contributed by atoms with Gasteiger partial charge in [0.25, 0.3) is 0 Å². The van der Waals surface area contributed by atoms with Crippen molar-refractivity contribution in [1.29, 1.82) is 5.26 Å². The molecule has 0 N–H and O–H groups in total. The highest BCUT2D eigenvalue weighted by Gasteiger charge is 2.17. The number of benzene rings is 1. The summed E-state index contributed by atoms with van der Waals surface area (Å²) in [5.74, 6) is 0.483. The lowest BCUT2D eigenvalue weighted by atomic mass is 10.3. The van der Waals surface area contributed by atoms with E-state index in [1.165, 1.54) is 18.2 Å². The largest absolute Gasteiger partial charge is 0.483 e. The van der Waals surface area contributed by atoms with Crippen LogP contribution in [0.4, 0.5) is 5.82 Å². The Balaban J connectivity index is 2.56. The molecule has 0 atom stereocenters.